The average Bonchev–Trinajstić information content (AvgIpc) is 2.43. The van der Waals surface area contributed by atoms with Crippen molar-refractivity contribution in [1.29, 1.82) is 0 Å². The number of carboxylic acid groups (broad SMARTS) is 1. The summed E-state index contributed by atoms with van der Waals surface area (Å²) in [6.45, 7) is 4.46. The normalized spacial score (nSPS) is 23.7. The maximum Gasteiger partial charge on any atom is 0.306 e. The molecule has 2 unspecified atom stereocenters. The van der Waals surface area contributed by atoms with Crippen molar-refractivity contribution in [2.45, 2.75) is 39.0 Å². The molecule has 0 aliphatic carbocycles. The van der Waals surface area contributed by atoms with Gasteiger partial charge in [0.25, 0.3) is 0 Å². The van der Waals surface area contributed by atoms with Gasteiger partial charge in [-0.25, -0.2) is 0 Å². The van der Waals surface area contributed by atoms with Gasteiger partial charge < -0.3 is 9.84 Å². The first-order valence-corrected chi connectivity index (χ1v) is 7.14. The van der Waals surface area contributed by atoms with Crippen LogP contribution >= 0.6 is 0 Å². The van der Waals surface area contributed by atoms with Crippen LogP contribution in [0.2, 0.25) is 0 Å². The first-order valence-electron chi connectivity index (χ1n) is 7.14. The van der Waals surface area contributed by atoms with Crippen LogP contribution in [0.3, 0.4) is 0 Å². The van der Waals surface area contributed by atoms with E-state index in [1.807, 2.05) is 12.1 Å². The number of rotatable bonds is 5. The Morgan fingerprint density at radius 3 is 2.70 bits per heavy atom. The maximum absolute atomic E-state index is 11.1. The summed E-state index contributed by atoms with van der Waals surface area (Å²) in [6.07, 6.45) is 1.48. The molecule has 0 amide bonds. The van der Waals surface area contributed by atoms with Crippen molar-refractivity contribution in [3.8, 4) is 0 Å². The molecule has 1 aliphatic heterocycles. The summed E-state index contributed by atoms with van der Waals surface area (Å²) in [5.74, 6) is -0.841. The van der Waals surface area contributed by atoms with Crippen LogP contribution in [0, 0.1) is 5.92 Å². The number of nitrogens with zero attached hydrogens (tertiary/aromatic N) is 1. The first kappa shape index (κ1) is 15.0. The molecule has 0 spiro atoms. The number of ether oxygens (including phenoxy) is 1. The Kier molecular flexibility index (Phi) is 5.15. The van der Waals surface area contributed by atoms with Crippen LogP contribution in [0.5, 0.6) is 0 Å². The van der Waals surface area contributed by atoms with Gasteiger partial charge in [0.15, 0.2) is 0 Å². The molecular weight excluding hydrogens is 254 g/mol. The van der Waals surface area contributed by atoms with E-state index in [4.69, 9.17) is 9.84 Å². The predicted octanol–water partition coefficient (Wildman–Crippen LogP) is 2.52. The minimum atomic E-state index is -0.656. The number of hydrogen-bond donors (Lipinski definition) is 1. The fourth-order valence-corrected chi connectivity index (χ4v) is 2.91. The third-order valence-corrected chi connectivity index (χ3v) is 4.15. The zero-order valence-corrected chi connectivity index (χ0v) is 12.2. The zero-order chi connectivity index (χ0) is 14.5. The van der Waals surface area contributed by atoms with Gasteiger partial charge in [0.05, 0.1) is 12.5 Å². The Labute approximate surface area is 120 Å². The second kappa shape index (κ2) is 6.86. The fourth-order valence-electron chi connectivity index (χ4n) is 2.91. The SMILES string of the molecule is COCc1ccccc1CN1CCC(C(=O)O)CC1C. The smallest absolute Gasteiger partial charge is 0.306 e. The summed E-state index contributed by atoms with van der Waals surface area (Å²) in [4.78, 5) is 13.4. The molecule has 4 heteroatoms. The van der Waals surface area contributed by atoms with E-state index < -0.39 is 5.97 Å². The number of carboxylic acids is 1. The van der Waals surface area contributed by atoms with Crippen LogP contribution in [-0.2, 0) is 22.7 Å². The molecule has 2 atom stereocenters. The number of methoxy groups -OCH3 is 1. The first-order chi connectivity index (χ1) is 9.61. The van der Waals surface area contributed by atoms with E-state index >= 15 is 0 Å². The topological polar surface area (TPSA) is 49.8 Å². The molecule has 0 bridgehead atoms. The van der Waals surface area contributed by atoms with Crippen LogP contribution < -0.4 is 0 Å². The third-order valence-electron chi connectivity index (χ3n) is 4.15. The van der Waals surface area contributed by atoms with E-state index in [2.05, 4.69) is 24.0 Å². The molecule has 2 rings (SSSR count). The van der Waals surface area contributed by atoms with Crippen molar-refractivity contribution in [3.63, 3.8) is 0 Å². The Hall–Kier alpha value is -1.39. The quantitative estimate of drug-likeness (QED) is 0.898. The highest BCUT2D eigenvalue weighted by molar-refractivity contribution is 5.70. The lowest BCUT2D eigenvalue weighted by Gasteiger charge is -2.36. The summed E-state index contributed by atoms with van der Waals surface area (Å²) in [5, 5.41) is 9.11. The molecule has 1 aliphatic rings. The minimum Gasteiger partial charge on any atom is -0.481 e. The summed E-state index contributed by atoms with van der Waals surface area (Å²) in [5.41, 5.74) is 2.48. The van der Waals surface area contributed by atoms with Gasteiger partial charge in [-0.3, -0.25) is 9.69 Å². The van der Waals surface area contributed by atoms with Crippen LogP contribution in [0.4, 0.5) is 0 Å². The Morgan fingerprint density at radius 1 is 1.40 bits per heavy atom. The van der Waals surface area contributed by atoms with Crippen LogP contribution in [0.25, 0.3) is 0 Å². The molecule has 1 fully saturated rings. The number of likely N-dealkylation sites (tertiary alicyclic amines) is 1. The van der Waals surface area contributed by atoms with Crippen molar-refractivity contribution in [2.24, 2.45) is 5.92 Å². The van der Waals surface area contributed by atoms with E-state index in [9.17, 15) is 4.79 Å². The summed E-state index contributed by atoms with van der Waals surface area (Å²) < 4.78 is 5.24. The van der Waals surface area contributed by atoms with Crippen LogP contribution in [-0.4, -0.2) is 35.7 Å². The number of aliphatic carboxylic acids is 1. The molecule has 1 aromatic rings. The number of hydrogen-bond acceptors (Lipinski definition) is 3. The third kappa shape index (κ3) is 3.58. The predicted molar refractivity (Wildman–Crippen MR) is 77.4 cm³/mol. The monoisotopic (exact) mass is 277 g/mol. The molecule has 0 radical (unpaired) electrons. The van der Waals surface area contributed by atoms with Gasteiger partial charge >= 0.3 is 5.97 Å². The molecule has 0 saturated carbocycles. The van der Waals surface area contributed by atoms with E-state index in [-0.39, 0.29) is 5.92 Å². The molecule has 20 heavy (non-hydrogen) atoms. The second-order valence-electron chi connectivity index (χ2n) is 5.58. The van der Waals surface area contributed by atoms with Crippen LogP contribution in [0.15, 0.2) is 24.3 Å². The zero-order valence-electron chi connectivity index (χ0n) is 12.2. The standard InChI is InChI=1S/C16H23NO3/c1-12-9-13(16(18)19)7-8-17(12)10-14-5-3-4-6-15(14)11-20-2/h3-6,12-13H,7-11H2,1-2H3,(H,18,19). The van der Waals surface area contributed by atoms with Crippen molar-refractivity contribution in [3.05, 3.63) is 35.4 Å². The van der Waals surface area contributed by atoms with Gasteiger partial charge in [-0.05, 0) is 37.4 Å². The minimum absolute atomic E-state index is 0.185. The Balaban J connectivity index is 2.02. The molecule has 4 nitrogen and oxygen atoms in total. The molecule has 1 N–H and O–H groups in total. The largest absolute Gasteiger partial charge is 0.481 e. The lowest BCUT2D eigenvalue weighted by Crippen LogP contribution is -2.42. The molecule has 1 heterocycles. The fraction of sp³-hybridized carbons (Fsp3) is 0.562. The van der Waals surface area contributed by atoms with E-state index in [1.54, 1.807) is 7.11 Å². The molecular formula is C16H23NO3. The van der Waals surface area contributed by atoms with Crippen LogP contribution in [0.1, 0.15) is 30.9 Å². The van der Waals surface area contributed by atoms with Gasteiger partial charge in [0.2, 0.25) is 0 Å². The second-order valence-corrected chi connectivity index (χ2v) is 5.58. The van der Waals surface area contributed by atoms with E-state index in [1.165, 1.54) is 11.1 Å². The van der Waals surface area contributed by atoms with Crippen molar-refractivity contribution in [2.75, 3.05) is 13.7 Å². The maximum atomic E-state index is 11.1. The summed E-state index contributed by atoms with van der Waals surface area (Å²) >= 11 is 0. The molecule has 0 aromatic heterocycles. The number of piperidine rings is 1. The van der Waals surface area contributed by atoms with Gasteiger partial charge in [0, 0.05) is 19.7 Å². The number of benzene rings is 1. The molecule has 1 saturated heterocycles. The highest BCUT2D eigenvalue weighted by atomic mass is 16.5. The summed E-state index contributed by atoms with van der Waals surface area (Å²) in [7, 11) is 1.71. The van der Waals surface area contributed by atoms with E-state index in [0.717, 1.165) is 25.9 Å². The van der Waals surface area contributed by atoms with Crippen molar-refractivity contribution >= 4 is 5.97 Å². The number of carbonyl (C=O) groups is 1. The highest BCUT2D eigenvalue weighted by Crippen LogP contribution is 2.25. The molecule has 1 aromatic carbocycles. The van der Waals surface area contributed by atoms with Crippen molar-refractivity contribution < 1.29 is 14.6 Å². The van der Waals surface area contributed by atoms with Gasteiger partial charge in [-0.2, -0.15) is 0 Å². The molecule has 110 valence electrons. The van der Waals surface area contributed by atoms with Gasteiger partial charge in [-0.1, -0.05) is 24.3 Å². The van der Waals surface area contributed by atoms with Gasteiger partial charge in [-0.15, -0.1) is 0 Å². The van der Waals surface area contributed by atoms with Gasteiger partial charge in [0.1, 0.15) is 0 Å². The lowest BCUT2D eigenvalue weighted by molar-refractivity contribution is -0.144. The highest BCUT2D eigenvalue weighted by Gasteiger charge is 2.29. The van der Waals surface area contributed by atoms with Crippen molar-refractivity contribution in [1.82, 2.24) is 4.90 Å². The Morgan fingerprint density at radius 2 is 2.10 bits per heavy atom. The Bertz CT molecular complexity index is 461. The average molecular weight is 277 g/mol. The van der Waals surface area contributed by atoms with E-state index in [0.29, 0.717) is 12.6 Å². The summed E-state index contributed by atoms with van der Waals surface area (Å²) in [6, 6.07) is 8.60. The lowest BCUT2D eigenvalue weighted by atomic mass is 9.91.